The van der Waals surface area contributed by atoms with Crippen LogP contribution in [0, 0.1) is 0 Å². The summed E-state index contributed by atoms with van der Waals surface area (Å²) in [6.45, 7) is -0.529. The first-order chi connectivity index (χ1) is 14.3. The number of carbonyl (C=O) groups excluding carboxylic acids is 1. The lowest BCUT2D eigenvalue weighted by Crippen LogP contribution is -2.29. The number of ether oxygens (including phenoxy) is 1. The van der Waals surface area contributed by atoms with Crippen molar-refractivity contribution in [3.05, 3.63) is 84.4 Å². The smallest absolute Gasteiger partial charge is 0.322 e. The third-order valence-electron chi connectivity index (χ3n) is 3.93. The van der Waals surface area contributed by atoms with Crippen LogP contribution in [0.3, 0.4) is 0 Å². The Bertz CT molecular complexity index is 1150. The molecule has 0 unspecified atom stereocenters. The molecule has 9 heteroatoms. The topological polar surface area (TPSA) is 122 Å². The van der Waals surface area contributed by atoms with Crippen molar-refractivity contribution in [2.75, 3.05) is 11.3 Å². The van der Waals surface area contributed by atoms with Crippen molar-refractivity contribution in [1.82, 2.24) is 5.32 Å². The molecule has 3 aromatic rings. The molecule has 0 aliphatic heterocycles. The van der Waals surface area contributed by atoms with Gasteiger partial charge in [0.1, 0.15) is 12.3 Å². The van der Waals surface area contributed by atoms with Crippen LogP contribution in [0.4, 0.5) is 5.69 Å². The summed E-state index contributed by atoms with van der Waals surface area (Å²) < 4.78 is 33.8. The van der Waals surface area contributed by atoms with Crippen LogP contribution in [0.5, 0.6) is 11.5 Å². The molecule has 8 nitrogen and oxygen atoms in total. The lowest BCUT2D eigenvalue weighted by atomic mass is 10.2. The molecule has 0 saturated heterocycles. The largest absolute Gasteiger partial charge is 0.480 e. The number of nitrogens with one attached hydrogen (secondary N) is 2. The van der Waals surface area contributed by atoms with E-state index < -0.39 is 28.4 Å². The third kappa shape index (κ3) is 5.36. The lowest BCUT2D eigenvalue weighted by molar-refractivity contribution is -0.135. The maximum Gasteiger partial charge on any atom is 0.322 e. The summed E-state index contributed by atoms with van der Waals surface area (Å²) in [6.07, 6.45) is 0. The predicted molar refractivity (Wildman–Crippen MR) is 110 cm³/mol. The lowest BCUT2D eigenvalue weighted by Gasteiger charge is -2.13. The Morgan fingerprint density at radius 2 is 1.50 bits per heavy atom. The summed E-state index contributed by atoms with van der Waals surface area (Å²) in [5.41, 5.74) is 0.396. The minimum atomic E-state index is -3.95. The fourth-order valence-corrected chi connectivity index (χ4v) is 3.57. The van der Waals surface area contributed by atoms with Crippen LogP contribution < -0.4 is 14.8 Å². The zero-order chi connectivity index (χ0) is 21.6. The molecule has 3 rings (SSSR count). The number of anilines is 1. The molecule has 0 spiro atoms. The number of carboxylic acids is 1. The van der Waals surface area contributed by atoms with Crippen molar-refractivity contribution in [3.63, 3.8) is 0 Å². The number of sulfonamides is 1. The van der Waals surface area contributed by atoms with E-state index in [9.17, 15) is 18.0 Å². The Hall–Kier alpha value is -3.85. The number of hydrogen-bond donors (Lipinski definition) is 3. The first-order valence-corrected chi connectivity index (χ1v) is 10.3. The molecule has 0 bridgehead atoms. The van der Waals surface area contributed by atoms with Crippen molar-refractivity contribution in [2.24, 2.45) is 0 Å². The molecular weight excluding hydrogens is 408 g/mol. The summed E-state index contributed by atoms with van der Waals surface area (Å²) in [7, 11) is -3.95. The standard InChI is InChI=1S/C21H18N2O6S/c24-20(25)14-22-21(26)15-10-12-17(13-11-15)30(27,28)23-18-8-4-5-9-19(18)29-16-6-2-1-3-7-16/h1-13,23H,14H2,(H,22,26)(H,24,25). The number of carbonyl (C=O) groups is 2. The van der Waals surface area contributed by atoms with E-state index in [0.29, 0.717) is 11.5 Å². The van der Waals surface area contributed by atoms with Crippen molar-refractivity contribution in [1.29, 1.82) is 0 Å². The average Bonchev–Trinajstić information content (AvgIpc) is 2.74. The first kappa shape index (κ1) is 20.9. The number of hydrogen-bond acceptors (Lipinski definition) is 5. The Morgan fingerprint density at radius 1 is 0.867 bits per heavy atom. The minimum Gasteiger partial charge on any atom is -0.480 e. The molecule has 0 aromatic heterocycles. The Balaban J connectivity index is 1.77. The second-order valence-electron chi connectivity index (χ2n) is 6.12. The minimum absolute atomic E-state index is 0.0631. The van der Waals surface area contributed by atoms with Gasteiger partial charge in [-0.2, -0.15) is 0 Å². The highest BCUT2D eigenvalue weighted by molar-refractivity contribution is 7.92. The molecule has 30 heavy (non-hydrogen) atoms. The number of carboxylic acid groups (broad SMARTS) is 1. The first-order valence-electron chi connectivity index (χ1n) is 8.80. The fourth-order valence-electron chi connectivity index (χ4n) is 2.50. The number of aliphatic carboxylic acids is 1. The normalized spacial score (nSPS) is 10.8. The molecule has 0 radical (unpaired) electrons. The van der Waals surface area contributed by atoms with E-state index in [1.807, 2.05) is 6.07 Å². The average molecular weight is 426 g/mol. The van der Waals surface area contributed by atoms with Gasteiger partial charge in [-0.3, -0.25) is 14.3 Å². The SMILES string of the molecule is O=C(O)CNC(=O)c1ccc(S(=O)(=O)Nc2ccccc2Oc2ccccc2)cc1. The quantitative estimate of drug-likeness (QED) is 0.509. The molecule has 3 aromatic carbocycles. The van der Waals surface area contributed by atoms with Gasteiger partial charge in [0.05, 0.1) is 10.6 Å². The summed E-state index contributed by atoms with van der Waals surface area (Å²) >= 11 is 0. The predicted octanol–water partition coefficient (Wildman–Crippen LogP) is 3.09. The van der Waals surface area contributed by atoms with Crippen molar-refractivity contribution in [3.8, 4) is 11.5 Å². The van der Waals surface area contributed by atoms with Crippen LogP contribution in [-0.2, 0) is 14.8 Å². The summed E-state index contributed by atoms with van der Waals surface area (Å²) in [6, 6.07) is 20.7. The van der Waals surface area contributed by atoms with Crippen molar-refractivity contribution in [2.45, 2.75) is 4.90 Å². The van der Waals surface area contributed by atoms with Gasteiger partial charge in [0.25, 0.3) is 15.9 Å². The van der Waals surface area contributed by atoms with Gasteiger partial charge in [0, 0.05) is 5.56 Å². The van der Waals surface area contributed by atoms with Crippen LogP contribution in [0.2, 0.25) is 0 Å². The molecule has 154 valence electrons. The van der Waals surface area contributed by atoms with Gasteiger partial charge in [0.2, 0.25) is 0 Å². The van der Waals surface area contributed by atoms with E-state index in [2.05, 4.69) is 10.0 Å². The number of amides is 1. The zero-order valence-electron chi connectivity index (χ0n) is 15.6. The van der Waals surface area contributed by atoms with E-state index in [-0.39, 0.29) is 16.1 Å². The second-order valence-corrected chi connectivity index (χ2v) is 7.80. The van der Waals surface area contributed by atoms with Gasteiger partial charge in [-0.1, -0.05) is 30.3 Å². The highest BCUT2D eigenvalue weighted by Gasteiger charge is 2.18. The molecule has 0 atom stereocenters. The summed E-state index contributed by atoms with van der Waals surface area (Å²) in [5, 5.41) is 10.8. The van der Waals surface area contributed by atoms with Crippen molar-refractivity contribution >= 4 is 27.6 Å². The maximum atomic E-state index is 12.8. The molecule has 0 aliphatic rings. The highest BCUT2D eigenvalue weighted by Crippen LogP contribution is 2.30. The Morgan fingerprint density at radius 3 is 2.17 bits per heavy atom. The van der Waals surface area contributed by atoms with Crippen molar-refractivity contribution < 1.29 is 27.9 Å². The zero-order valence-corrected chi connectivity index (χ0v) is 16.4. The molecule has 1 amide bonds. The van der Waals surface area contributed by atoms with E-state index in [1.165, 1.54) is 24.3 Å². The third-order valence-corrected chi connectivity index (χ3v) is 5.31. The molecular formula is C21H18N2O6S. The molecule has 3 N–H and O–H groups in total. The summed E-state index contributed by atoms with van der Waals surface area (Å²) in [4.78, 5) is 22.3. The second kappa shape index (κ2) is 9.10. The number of benzene rings is 3. The van der Waals surface area contributed by atoms with Crippen LogP contribution in [0.1, 0.15) is 10.4 Å². The Labute approximate surface area is 173 Å². The van der Waals surface area contributed by atoms with Crippen LogP contribution in [-0.4, -0.2) is 31.9 Å². The molecule has 0 aliphatic carbocycles. The number of rotatable bonds is 8. The molecule has 0 saturated carbocycles. The monoisotopic (exact) mass is 426 g/mol. The fraction of sp³-hybridized carbons (Fsp3) is 0.0476. The van der Waals surface area contributed by atoms with Crippen LogP contribution >= 0.6 is 0 Å². The summed E-state index contributed by atoms with van der Waals surface area (Å²) in [5.74, 6) is -0.906. The van der Waals surface area contributed by atoms with Gasteiger partial charge < -0.3 is 15.2 Å². The maximum absolute atomic E-state index is 12.8. The Kier molecular flexibility index (Phi) is 6.33. The van der Waals surface area contributed by atoms with Crippen LogP contribution in [0.15, 0.2) is 83.8 Å². The molecule has 0 heterocycles. The van der Waals surface area contributed by atoms with Gasteiger partial charge in [-0.15, -0.1) is 0 Å². The van der Waals surface area contributed by atoms with Gasteiger partial charge >= 0.3 is 5.97 Å². The van der Waals surface area contributed by atoms with E-state index >= 15 is 0 Å². The van der Waals surface area contributed by atoms with Gasteiger partial charge in [-0.05, 0) is 48.5 Å². The van der Waals surface area contributed by atoms with Gasteiger partial charge in [-0.25, -0.2) is 8.42 Å². The van der Waals surface area contributed by atoms with E-state index in [4.69, 9.17) is 9.84 Å². The van der Waals surface area contributed by atoms with E-state index in [1.54, 1.807) is 48.5 Å². The van der Waals surface area contributed by atoms with Crippen LogP contribution in [0.25, 0.3) is 0 Å². The van der Waals surface area contributed by atoms with Gasteiger partial charge in [0.15, 0.2) is 5.75 Å². The van der Waals surface area contributed by atoms with E-state index in [0.717, 1.165) is 0 Å². The number of para-hydroxylation sites is 3. The molecule has 0 fully saturated rings. The highest BCUT2D eigenvalue weighted by atomic mass is 32.2.